The Morgan fingerprint density at radius 1 is 1.24 bits per heavy atom. The minimum atomic E-state index is -4.70. The van der Waals surface area contributed by atoms with E-state index in [9.17, 15) is 17.6 Å². The summed E-state index contributed by atoms with van der Waals surface area (Å²) in [6.45, 7) is 6.26. The van der Waals surface area contributed by atoms with Crippen LogP contribution in [0.3, 0.4) is 0 Å². The fraction of sp³-hybridized carbons (Fsp3) is 0.600. The average molecular weight is 307 g/mol. The largest absolute Gasteiger partial charge is 0.419 e. The number of alkyl halides is 3. The van der Waals surface area contributed by atoms with Crippen LogP contribution in [0.5, 0.6) is 0 Å². The van der Waals surface area contributed by atoms with Crippen LogP contribution in [0.1, 0.15) is 44.4 Å². The van der Waals surface area contributed by atoms with Crippen molar-refractivity contribution in [1.29, 1.82) is 0 Å². The van der Waals surface area contributed by atoms with Gasteiger partial charge in [0, 0.05) is 5.56 Å². The number of hydrogen-bond donors (Lipinski definition) is 1. The van der Waals surface area contributed by atoms with Crippen LogP contribution in [0.4, 0.5) is 17.6 Å². The maximum absolute atomic E-state index is 14.2. The summed E-state index contributed by atoms with van der Waals surface area (Å²) in [5.74, 6) is -1.23. The molecule has 0 fully saturated rings. The standard InChI is InChI=1S/C15H21F4NO/c1-4-8-20-13(9-21-10(2)3)11-6-5-7-12(14(11)16)15(17,18)19/h5-7,10,13,20H,4,8-9H2,1-3H3. The number of ether oxygens (including phenoxy) is 1. The minimum Gasteiger partial charge on any atom is -0.377 e. The van der Waals surface area contributed by atoms with Gasteiger partial charge in [-0.05, 0) is 32.9 Å². The molecule has 120 valence electrons. The monoisotopic (exact) mass is 307 g/mol. The lowest BCUT2D eigenvalue weighted by atomic mass is 10.0. The Hall–Kier alpha value is -1.14. The van der Waals surface area contributed by atoms with E-state index in [2.05, 4.69) is 5.32 Å². The number of nitrogens with one attached hydrogen (secondary N) is 1. The van der Waals surface area contributed by atoms with Gasteiger partial charge in [0.15, 0.2) is 0 Å². The molecule has 6 heteroatoms. The van der Waals surface area contributed by atoms with E-state index in [4.69, 9.17) is 4.74 Å². The second-order valence-electron chi connectivity index (χ2n) is 5.10. The first-order chi connectivity index (χ1) is 9.77. The van der Waals surface area contributed by atoms with Crippen LogP contribution in [-0.2, 0) is 10.9 Å². The predicted molar refractivity (Wildman–Crippen MR) is 73.5 cm³/mol. The number of benzene rings is 1. The zero-order valence-corrected chi connectivity index (χ0v) is 12.4. The van der Waals surface area contributed by atoms with Crippen LogP contribution in [0.2, 0.25) is 0 Å². The van der Waals surface area contributed by atoms with E-state index < -0.39 is 23.6 Å². The maximum atomic E-state index is 14.2. The molecule has 1 atom stereocenters. The Morgan fingerprint density at radius 3 is 2.43 bits per heavy atom. The molecule has 1 aromatic carbocycles. The van der Waals surface area contributed by atoms with Gasteiger partial charge in [-0.15, -0.1) is 0 Å². The summed E-state index contributed by atoms with van der Waals surface area (Å²) in [5.41, 5.74) is -1.26. The summed E-state index contributed by atoms with van der Waals surface area (Å²) in [6, 6.07) is 2.73. The Bertz CT molecular complexity index is 446. The van der Waals surface area contributed by atoms with Gasteiger partial charge in [0.25, 0.3) is 0 Å². The average Bonchev–Trinajstić information content (AvgIpc) is 2.38. The van der Waals surface area contributed by atoms with Crippen LogP contribution in [0.25, 0.3) is 0 Å². The Labute approximate surface area is 122 Å². The predicted octanol–water partition coefficient (Wildman–Crippen LogP) is 4.31. The van der Waals surface area contributed by atoms with Crippen molar-refractivity contribution in [3.8, 4) is 0 Å². The molecule has 1 aromatic rings. The summed E-state index contributed by atoms with van der Waals surface area (Å²) in [5, 5.41) is 3.03. The highest BCUT2D eigenvalue weighted by Crippen LogP contribution is 2.34. The Balaban J connectivity index is 3.06. The molecule has 0 spiro atoms. The first kappa shape index (κ1) is 17.9. The van der Waals surface area contributed by atoms with Gasteiger partial charge in [0.2, 0.25) is 0 Å². The summed E-state index contributed by atoms with van der Waals surface area (Å²) in [4.78, 5) is 0. The molecule has 0 aliphatic heterocycles. The maximum Gasteiger partial charge on any atom is 0.419 e. The molecular formula is C15H21F4NO. The Morgan fingerprint density at radius 2 is 1.90 bits per heavy atom. The lowest BCUT2D eigenvalue weighted by molar-refractivity contribution is -0.140. The van der Waals surface area contributed by atoms with E-state index in [1.807, 2.05) is 20.8 Å². The van der Waals surface area contributed by atoms with Gasteiger partial charge in [-0.1, -0.05) is 19.1 Å². The van der Waals surface area contributed by atoms with Crippen molar-refractivity contribution in [2.24, 2.45) is 0 Å². The van der Waals surface area contributed by atoms with Crippen molar-refractivity contribution in [2.45, 2.75) is 45.5 Å². The zero-order chi connectivity index (χ0) is 16.0. The molecule has 2 nitrogen and oxygen atoms in total. The second kappa shape index (κ2) is 7.75. The SMILES string of the molecule is CCCNC(COC(C)C)c1cccc(C(F)(F)F)c1F. The van der Waals surface area contributed by atoms with E-state index in [1.165, 1.54) is 12.1 Å². The minimum absolute atomic E-state index is 0.0149. The van der Waals surface area contributed by atoms with Crippen LogP contribution in [0, 0.1) is 5.82 Å². The molecule has 0 saturated heterocycles. The molecular weight excluding hydrogens is 286 g/mol. The van der Waals surface area contributed by atoms with Crippen molar-refractivity contribution in [3.05, 3.63) is 35.1 Å². The highest BCUT2D eigenvalue weighted by molar-refractivity contribution is 5.30. The summed E-state index contributed by atoms with van der Waals surface area (Å²) < 4.78 is 57.9. The fourth-order valence-electron chi connectivity index (χ4n) is 1.90. The number of rotatable bonds is 7. The first-order valence-electron chi connectivity index (χ1n) is 6.98. The van der Waals surface area contributed by atoms with Gasteiger partial charge in [-0.2, -0.15) is 13.2 Å². The molecule has 0 heterocycles. The molecule has 1 N–H and O–H groups in total. The molecule has 0 aromatic heterocycles. The van der Waals surface area contributed by atoms with Crippen LogP contribution in [-0.4, -0.2) is 19.3 Å². The molecule has 0 radical (unpaired) electrons. The molecule has 0 aliphatic carbocycles. The summed E-state index contributed by atoms with van der Waals surface area (Å²) >= 11 is 0. The fourth-order valence-corrected chi connectivity index (χ4v) is 1.90. The quantitative estimate of drug-likeness (QED) is 0.758. The topological polar surface area (TPSA) is 21.3 Å². The molecule has 1 rings (SSSR count). The molecule has 0 aliphatic rings. The molecule has 1 unspecified atom stereocenters. The highest BCUT2D eigenvalue weighted by Gasteiger charge is 2.35. The van der Waals surface area contributed by atoms with Gasteiger partial charge in [0.05, 0.1) is 24.3 Å². The van der Waals surface area contributed by atoms with Gasteiger partial charge in [-0.25, -0.2) is 4.39 Å². The molecule has 0 saturated carbocycles. The van der Waals surface area contributed by atoms with E-state index >= 15 is 0 Å². The lowest BCUT2D eigenvalue weighted by Gasteiger charge is -2.22. The third-order valence-electron chi connectivity index (χ3n) is 2.95. The lowest BCUT2D eigenvalue weighted by Crippen LogP contribution is -2.29. The molecule has 0 amide bonds. The van der Waals surface area contributed by atoms with E-state index in [0.717, 1.165) is 12.5 Å². The zero-order valence-electron chi connectivity index (χ0n) is 12.4. The van der Waals surface area contributed by atoms with Crippen molar-refractivity contribution >= 4 is 0 Å². The van der Waals surface area contributed by atoms with Crippen LogP contribution in [0.15, 0.2) is 18.2 Å². The van der Waals surface area contributed by atoms with Gasteiger partial charge in [-0.3, -0.25) is 0 Å². The van der Waals surface area contributed by atoms with E-state index in [-0.39, 0.29) is 18.3 Å². The van der Waals surface area contributed by atoms with Crippen molar-refractivity contribution in [3.63, 3.8) is 0 Å². The highest BCUT2D eigenvalue weighted by atomic mass is 19.4. The molecule has 0 bridgehead atoms. The van der Waals surface area contributed by atoms with Gasteiger partial charge in [0.1, 0.15) is 5.82 Å². The van der Waals surface area contributed by atoms with Gasteiger partial charge < -0.3 is 10.1 Å². The normalized spacial score (nSPS) is 13.7. The van der Waals surface area contributed by atoms with E-state index in [1.54, 1.807) is 0 Å². The Kier molecular flexibility index (Phi) is 6.61. The van der Waals surface area contributed by atoms with Crippen LogP contribution >= 0.6 is 0 Å². The van der Waals surface area contributed by atoms with Crippen molar-refractivity contribution in [1.82, 2.24) is 5.32 Å². The molecule has 21 heavy (non-hydrogen) atoms. The summed E-state index contributed by atoms with van der Waals surface area (Å²) in [6.07, 6.45) is -3.99. The third-order valence-corrected chi connectivity index (χ3v) is 2.95. The third kappa shape index (κ3) is 5.28. The van der Waals surface area contributed by atoms with Crippen molar-refractivity contribution < 1.29 is 22.3 Å². The number of hydrogen-bond acceptors (Lipinski definition) is 2. The second-order valence-corrected chi connectivity index (χ2v) is 5.10. The smallest absolute Gasteiger partial charge is 0.377 e. The van der Waals surface area contributed by atoms with Crippen LogP contribution < -0.4 is 5.32 Å². The first-order valence-corrected chi connectivity index (χ1v) is 6.98. The van der Waals surface area contributed by atoms with Crippen molar-refractivity contribution in [2.75, 3.05) is 13.2 Å². The van der Waals surface area contributed by atoms with Gasteiger partial charge >= 0.3 is 6.18 Å². The van der Waals surface area contributed by atoms with E-state index in [0.29, 0.717) is 6.54 Å². The number of halogens is 4. The summed E-state index contributed by atoms with van der Waals surface area (Å²) in [7, 11) is 0.